The Bertz CT molecular complexity index is 599. The SMILES string of the molecule is COC(=O)C(C(C)=O)=C([O-])COc1ccc(OC(C)=O)cc1. The molecule has 0 N–H and O–H groups in total. The van der Waals surface area contributed by atoms with Crippen molar-refractivity contribution in [3.05, 3.63) is 35.6 Å². The van der Waals surface area contributed by atoms with E-state index in [0.29, 0.717) is 11.5 Å². The molecule has 0 aliphatic heterocycles. The van der Waals surface area contributed by atoms with Gasteiger partial charge in [0.15, 0.2) is 5.78 Å². The van der Waals surface area contributed by atoms with Gasteiger partial charge >= 0.3 is 11.9 Å². The van der Waals surface area contributed by atoms with Gasteiger partial charge in [-0.05, 0) is 31.2 Å². The summed E-state index contributed by atoms with van der Waals surface area (Å²) in [6.07, 6.45) is 0. The van der Waals surface area contributed by atoms with Crippen molar-refractivity contribution in [3.63, 3.8) is 0 Å². The molecule has 0 spiro atoms. The fraction of sp³-hybridized carbons (Fsp3) is 0.267. The van der Waals surface area contributed by atoms with Gasteiger partial charge in [-0.25, -0.2) is 4.79 Å². The molecular formula is C15H15O7-. The van der Waals surface area contributed by atoms with Crippen LogP contribution < -0.4 is 14.6 Å². The highest BCUT2D eigenvalue weighted by Gasteiger charge is 2.16. The van der Waals surface area contributed by atoms with Crippen LogP contribution in [0.3, 0.4) is 0 Å². The Labute approximate surface area is 127 Å². The maximum absolute atomic E-state index is 11.8. The Morgan fingerprint density at radius 3 is 2.05 bits per heavy atom. The zero-order valence-corrected chi connectivity index (χ0v) is 12.4. The molecule has 7 heteroatoms. The predicted octanol–water partition coefficient (Wildman–Crippen LogP) is 0.367. The number of methoxy groups -OCH3 is 1. The van der Waals surface area contributed by atoms with Crippen LogP contribution in [0.5, 0.6) is 11.5 Å². The zero-order chi connectivity index (χ0) is 16.7. The van der Waals surface area contributed by atoms with Crippen molar-refractivity contribution in [1.29, 1.82) is 0 Å². The fourth-order valence-corrected chi connectivity index (χ4v) is 1.55. The Kier molecular flexibility index (Phi) is 6.12. The van der Waals surface area contributed by atoms with Gasteiger partial charge in [-0.15, -0.1) is 0 Å². The summed E-state index contributed by atoms with van der Waals surface area (Å²) < 4.78 is 14.4. The van der Waals surface area contributed by atoms with Crippen molar-refractivity contribution in [2.24, 2.45) is 0 Å². The molecule has 0 aliphatic rings. The summed E-state index contributed by atoms with van der Waals surface area (Å²) in [5.41, 5.74) is -0.570. The lowest BCUT2D eigenvalue weighted by Gasteiger charge is -2.17. The highest BCUT2D eigenvalue weighted by Crippen LogP contribution is 2.18. The number of ketones is 1. The molecule has 1 aromatic rings. The molecule has 1 rings (SSSR count). The zero-order valence-electron chi connectivity index (χ0n) is 12.4. The van der Waals surface area contributed by atoms with E-state index in [0.717, 1.165) is 14.0 Å². The van der Waals surface area contributed by atoms with Gasteiger partial charge in [0.25, 0.3) is 0 Å². The first-order chi connectivity index (χ1) is 10.3. The van der Waals surface area contributed by atoms with Crippen molar-refractivity contribution < 1.29 is 33.7 Å². The molecule has 22 heavy (non-hydrogen) atoms. The van der Waals surface area contributed by atoms with Crippen molar-refractivity contribution in [3.8, 4) is 11.5 Å². The summed E-state index contributed by atoms with van der Waals surface area (Å²) >= 11 is 0. The molecule has 7 nitrogen and oxygen atoms in total. The lowest BCUT2D eigenvalue weighted by Crippen LogP contribution is -2.24. The van der Waals surface area contributed by atoms with Gasteiger partial charge in [-0.3, -0.25) is 9.59 Å². The van der Waals surface area contributed by atoms with E-state index in [2.05, 4.69) is 4.74 Å². The highest BCUT2D eigenvalue weighted by atomic mass is 16.5. The molecule has 1 aromatic carbocycles. The van der Waals surface area contributed by atoms with E-state index in [1.54, 1.807) is 0 Å². The van der Waals surface area contributed by atoms with Crippen LogP contribution in [0.1, 0.15) is 13.8 Å². The summed E-state index contributed by atoms with van der Waals surface area (Å²) in [5.74, 6) is -2.27. The molecule has 0 atom stereocenters. The number of Topliss-reactive ketones (excluding diaryl/α,β-unsaturated/α-hetero) is 1. The number of ether oxygens (including phenoxy) is 3. The number of rotatable bonds is 6. The van der Waals surface area contributed by atoms with Crippen LogP contribution in [0.25, 0.3) is 0 Å². The maximum atomic E-state index is 11.8. The topological polar surface area (TPSA) is 102 Å². The van der Waals surface area contributed by atoms with Crippen LogP contribution in [0.15, 0.2) is 35.6 Å². The molecule has 0 aromatic heterocycles. The summed E-state index contributed by atoms with van der Waals surface area (Å²) in [6, 6.07) is 5.93. The molecular weight excluding hydrogens is 292 g/mol. The van der Waals surface area contributed by atoms with Gasteiger partial charge in [0.1, 0.15) is 18.1 Å². The Morgan fingerprint density at radius 1 is 1.05 bits per heavy atom. The molecule has 0 amide bonds. The van der Waals surface area contributed by atoms with Gasteiger partial charge in [0.2, 0.25) is 0 Å². The van der Waals surface area contributed by atoms with Crippen molar-refractivity contribution in [2.75, 3.05) is 13.7 Å². The van der Waals surface area contributed by atoms with E-state index >= 15 is 0 Å². The van der Waals surface area contributed by atoms with Crippen molar-refractivity contribution in [1.82, 2.24) is 0 Å². The van der Waals surface area contributed by atoms with Crippen molar-refractivity contribution >= 4 is 17.7 Å². The van der Waals surface area contributed by atoms with Crippen LogP contribution in [0.4, 0.5) is 0 Å². The molecule has 0 aliphatic carbocycles. The van der Waals surface area contributed by atoms with E-state index in [1.165, 1.54) is 31.2 Å². The third kappa shape index (κ3) is 4.93. The number of hydrogen-bond donors (Lipinski definition) is 0. The first-order valence-electron chi connectivity index (χ1n) is 6.25. The molecule has 118 valence electrons. The summed E-state index contributed by atoms with van der Waals surface area (Å²) in [7, 11) is 1.08. The lowest BCUT2D eigenvalue weighted by atomic mass is 10.1. The Hall–Kier alpha value is -2.83. The summed E-state index contributed by atoms with van der Waals surface area (Å²) in [6.45, 7) is 1.88. The molecule has 0 fully saturated rings. The van der Waals surface area contributed by atoms with Crippen molar-refractivity contribution in [2.45, 2.75) is 13.8 Å². The number of carbonyl (C=O) groups excluding carboxylic acids is 3. The third-order valence-electron chi connectivity index (χ3n) is 2.48. The van der Waals surface area contributed by atoms with Crippen LogP contribution in [-0.2, 0) is 19.1 Å². The molecule has 0 unspecified atom stereocenters. The smallest absolute Gasteiger partial charge is 0.340 e. The van der Waals surface area contributed by atoms with Gasteiger partial charge < -0.3 is 19.3 Å². The average molecular weight is 307 g/mol. The second-order valence-corrected chi connectivity index (χ2v) is 4.20. The van der Waals surface area contributed by atoms with Gasteiger partial charge in [-0.2, -0.15) is 0 Å². The van der Waals surface area contributed by atoms with Crippen LogP contribution in [0.2, 0.25) is 0 Å². The number of hydrogen-bond acceptors (Lipinski definition) is 7. The quantitative estimate of drug-likeness (QED) is 0.187. The monoisotopic (exact) mass is 307 g/mol. The largest absolute Gasteiger partial charge is 0.873 e. The van der Waals surface area contributed by atoms with E-state index < -0.39 is 35.7 Å². The Balaban J connectivity index is 2.77. The first-order valence-corrected chi connectivity index (χ1v) is 6.25. The number of benzene rings is 1. The van der Waals surface area contributed by atoms with E-state index in [9.17, 15) is 19.5 Å². The van der Waals surface area contributed by atoms with Gasteiger partial charge in [0.05, 0.1) is 12.7 Å². The summed E-state index contributed by atoms with van der Waals surface area (Å²) in [4.78, 5) is 33.4. The minimum atomic E-state index is -0.994. The van der Waals surface area contributed by atoms with Crippen LogP contribution >= 0.6 is 0 Å². The third-order valence-corrected chi connectivity index (χ3v) is 2.48. The first kappa shape index (κ1) is 17.2. The van der Waals surface area contributed by atoms with Gasteiger partial charge in [0, 0.05) is 6.92 Å². The van der Waals surface area contributed by atoms with E-state index in [1.807, 2.05) is 0 Å². The predicted molar refractivity (Wildman–Crippen MR) is 73.0 cm³/mol. The summed E-state index contributed by atoms with van der Waals surface area (Å²) in [5, 5.41) is 11.8. The number of esters is 2. The van der Waals surface area contributed by atoms with Crippen LogP contribution in [0, 0.1) is 0 Å². The standard InChI is InChI=1S/C15H16O7/c1-9(16)14(15(19)20-3)13(18)8-21-11-4-6-12(7-5-11)22-10(2)17/h4-7,18H,8H2,1-3H3/p-1. The maximum Gasteiger partial charge on any atom is 0.340 e. The second kappa shape index (κ2) is 7.82. The Morgan fingerprint density at radius 2 is 1.59 bits per heavy atom. The van der Waals surface area contributed by atoms with Crippen LogP contribution in [-0.4, -0.2) is 31.4 Å². The molecule has 0 bridgehead atoms. The molecule has 0 saturated heterocycles. The molecule has 0 saturated carbocycles. The normalized spacial score (nSPS) is 11.2. The number of carbonyl (C=O) groups is 3. The van der Waals surface area contributed by atoms with E-state index in [4.69, 9.17) is 9.47 Å². The second-order valence-electron chi connectivity index (χ2n) is 4.20. The average Bonchev–Trinajstić information content (AvgIpc) is 2.45. The lowest BCUT2D eigenvalue weighted by molar-refractivity contribution is -0.310. The minimum absolute atomic E-state index is 0.317. The van der Waals surface area contributed by atoms with Gasteiger partial charge in [-0.1, -0.05) is 5.76 Å². The minimum Gasteiger partial charge on any atom is -0.873 e. The molecule has 0 radical (unpaired) electrons. The molecule has 0 heterocycles. The fourth-order valence-electron chi connectivity index (χ4n) is 1.55. The highest BCUT2D eigenvalue weighted by molar-refractivity contribution is 6.16. The van der Waals surface area contributed by atoms with E-state index in [-0.39, 0.29) is 0 Å².